The van der Waals surface area contributed by atoms with Crippen molar-refractivity contribution >= 4 is 23.1 Å². The van der Waals surface area contributed by atoms with Crippen LogP contribution in [0.3, 0.4) is 0 Å². The molecule has 0 aliphatic carbocycles. The van der Waals surface area contributed by atoms with Gasteiger partial charge in [0.05, 0.1) is 0 Å². The normalized spacial score (nSPS) is 11.3. The van der Waals surface area contributed by atoms with E-state index < -0.39 is 0 Å². The SMILES string of the molecule is Cn1c(C=Cc2ccc(OCc3ccccc3)cc2O)cc2ccccc21. The lowest BCUT2D eigenvalue weighted by atomic mass is 10.1. The summed E-state index contributed by atoms with van der Waals surface area (Å²) in [5.41, 5.74) is 4.12. The number of hydrogen-bond acceptors (Lipinski definition) is 2. The fraction of sp³-hybridized carbons (Fsp3) is 0.0833. The largest absolute Gasteiger partial charge is 0.507 e. The van der Waals surface area contributed by atoms with Gasteiger partial charge in [0.25, 0.3) is 0 Å². The second kappa shape index (κ2) is 7.42. The molecule has 4 aromatic rings. The summed E-state index contributed by atoms with van der Waals surface area (Å²) in [6.07, 6.45) is 3.93. The summed E-state index contributed by atoms with van der Waals surface area (Å²) >= 11 is 0. The van der Waals surface area contributed by atoms with Gasteiger partial charge in [0.15, 0.2) is 0 Å². The highest BCUT2D eigenvalue weighted by atomic mass is 16.5. The predicted octanol–water partition coefficient (Wildman–Crippen LogP) is 5.63. The average molecular weight is 355 g/mol. The van der Waals surface area contributed by atoms with Gasteiger partial charge < -0.3 is 14.4 Å². The molecule has 27 heavy (non-hydrogen) atoms. The van der Waals surface area contributed by atoms with Crippen LogP contribution in [0.15, 0.2) is 78.9 Å². The van der Waals surface area contributed by atoms with Crippen LogP contribution < -0.4 is 4.74 Å². The Kier molecular flexibility index (Phi) is 4.67. The molecule has 0 spiro atoms. The molecule has 0 saturated carbocycles. The van der Waals surface area contributed by atoms with Crippen LogP contribution in [0.1, 0.15) is 16.8 Å². The van der Waals surface area contributed by atoms with Crippen LogP contribution in [0.2, 0.25) is 0 Å². The molecule has 1 aromatic heterocycles. The zero-order valence-electron chi connectivity index (χ0n) is 15.2. The number of phenols is 1. The second-order valence-corrected chi connectivity index (χ2v) is 6.52. The maximum Gasteiger partial charge on any atom is 0.126 e. The number of para-hydroxylation sites is 1. The van der Waals surface area contributed by atoms with Crippen LogP contribution >= 0.6 is 0 Å². The highest BCUT2D eigenvalue weighted by molar-refractivity contribution is 5.85. The van der Waals surface area contributed by atoms with Crippen LogP contribution in [0, 0.1) is 0 Å². The van der Waals surface area contributed by atoms with Crippen molar-refractivity contribution in [2.45, 2.75) is 6.61 Å². The van der Waals surface area contributed by atoms with E-state index in [1.165, 1.54) is 10.9 Å². The Hall–Kier alpha value is -3.46. The standard InChI is InChI=1S/C24H21NO2/c1-25-21(15-20-9-5-6-10-23(20)25)13-11-19-12-14-22(16-24(19)26)27-17-18-7-3-2-4-8-18/h2-16,26H,17H2,1H3. The number of aryl methyl sites for hydroxylation is 1. The van der Waals surface area contributed by atoms with E-state index in [1.807, 2.05) is 73.8 Å². The Balaban J connectivity index is 1.50. The molecular formula is C24H21NO2. The molecule has 0 bridgehead atoms. The molecule has 3 heteroatoms. The number of rotatable bonds is 5. The van der Waals surface area contributed by atoms with E-state index in [-0.39, 0.29) is 5.75 Å². The van der Waals surface area contributed by atoms with Crippen molar-refractivity contribution in [2.75, 3.05) is 0 Å². The lowest BCUT2D eigenvalue weighted by Crippen LogP contribution is -1.95. The van der Waals surface area contributed by atoms with Crippen molar-refractivity contribution in [3.63, 3.8) is 0 Å². The summed E-state index contributed by atoms with van der Waals surface area (Å²) in [6, 6.07) is 25.8. The third kappa shape index (κ3) is 3.72. The van der Waals surface area contributed by atoms with Gasteiger partial charge in [-0.2, -0.15) is 0 Å². The molecule has 0 unspecified atom stereocenters. The molecule has 4 rings (SSSR count). The van der Waals surface area contributed by atoms with Crippen molar-refractivity contribution in [2.24, 2.45) is 7.05 Å². The second-order valence-electron chi connectivity index (χ2n) is 6.52. The lowest BCUT2D eigenvalue weighted by Gasteiger charge is -2.08. The number of aromatic nitrogens is 1. The summed E-state index contributed by atoms with van der Waals surface area (Å²) < 4.78 is 7.90. The summed E-state index contributed by atoms with van der Waals surface area (Å²) in [4.78, 5) is 0. The number of fused-ring (bicyclic) bond motifs is 1. The van der Waals surface area contributed by atoms with E-state index in [9.17, 15) is 5.11 Å². The quantitative estimate of drug-likeness (QED) is 0.503. The third-order valence-electron chi connectivity index (χ3n) is 4.67. The number of phenolic OH excluding ortho intramolecular Hbond substituents is 1. The minimum absolute atomic E-state index is 0.204. The zero-order valence-corrected chi connectivity index (χ0v) is 15.2. The van der Waals surface area contributed by atoms with Crippen molar-refractivity contribution in [3.05, 3.63) is 95.7 Å². The van der Waals surface area contributed by atoms with Crippen molar-refractivity contribution in [3.8, 4) is 11.5 Å². The monoisotopic (exact) mass is 355 g/mol. The molecule has 134 valence electrons. The first-order valence-electron chi connectivity index (χ1n) is 8.93. The Morgan fingerprint density at radius 2 is 1.67 bits per heavy atom. The van der Waals surface area contributed by atoms with Crippen LogP contribution in [-0.4, -0.2) is 9.67 Å². The number of ether oxygens (including phenoxy) is 1. The fourth-order valence-corrected chi connectivity index (χ4v) is 3.14. The lowest BCUT2D eigenvalue weighted by molar-refractivity contribution is 0.304. The van der Waals surface area contributed by atoms with E-state index in [0.29, 0.717) is 12.4 Å². The molecule has 1 N–H and O–H groups in total. The molecule has 0 amide bonds. The number of nitrogens with zero attached hydrogens (tertiary/aromatic N) is 1. The summed E-state index contributed by atoms with van der Waals surface area (Å²) in [7, 11) is 2.04. The van der Waals surface area contributed by atoms with E-state index >= 15 is 0 Å². The Bertz CT molecular complexity index is 1090. The first kappa shape index (κ1) is 17.0. The Morgan fingerprint density at radius 1 is 0.889 bits per heavy atom. The van der Waals surface area contributed by atoms with E-state index in [0.717, 1.165) is 16.8 Å². The van der Waals surface area contributed by atoms with Crippen molar-refractivity contribution < 1.29 is 9.84 Å². The van der Waals surface area contributed by atoms with Gasteiger partial charge in [-0.3, -0.25) is 0 Å². The van der Waals surface area contributed by atoms with Gasteiger partial charge in [-0.1, -0.05) is 48.5 Å². The highest BCUT2D eigenvalue weighted by Crippen LogP contribution is 2.27. The smallest absolute Gasteiger partial charge is 0.126 e. The van der Waals surface area contributed by atoms with Crippen LogP contribution in [0.25, 0.3) is 23.1 Å². The van der Waals surface area contributed by atoms with Gasteiger partial charge in [-0.05, 0) is 42.0 Å². The number of aromatic hydroxyl groups is 1. The van der Waals surface area contributed by atoms with Gasteiger partial charge in [-0.15, -0.1) is 0 Å². The maximum absolute atomic E-state index is 10.3. The van der Waals surface area contributed by atoms with Crippen LogP contribution in [0.4, 0.5) is 0 Å². The molecule has 0 atom stereocenters. The predicted molar refractivity (Wildman–Crippen MR) is 111 cm³/mol. The average Bonchev–Trinajstić information content (AvgIpc) is 3.02. The Morgan fingerprint density at radius 3 is 2.44 bits per heavy atom. The highest BCUT2D eigenvalue weighted by Gasteiger charge is 2.04. The van der Waals surface area contributed by atoms with Gasteiger partial charge >= 0.3 is 0 Å². The Labute approximate surface area is 158 Å². The third-order valence-corrected chi connectivity index (χ3v) is 4.67. The van der Waals surface area contributed by atoms with Crippen molar-refractivity contribution in [1.29, 1.82) is 0 Å². The van der Waals surface area contributed by atoms with Gasteiger partial charge in [-0.25, -0.2) is 0 Å². The molecular weight excluding hydrogens is 334 g/mol. The van der Waals surface area contributed by atoms with Crippen molar-refractivity contribution in [1.82, 2.24) is 4.57 Å². The fourth-order valence-electron chi connectivity index (χ4n) is 3.14. The van der Waals surface area contributed by atoms with E-state index in [4.69, 9.17) is 4.74 Å². The summed E-state index contributed by atoms with van der Waals surface area (Å²) in [5, 5.41) is 11.5. The number of hydrogen-bond donors (Lipinski definition) is 1. The topological polar surface area (TPSA) is 34.4 Å². The minimum atomic E-state index is 0.204. The summed E-state index contributed by atoms with van der Waals surface area (Å²) in [5.74, 6) is 0.855. The molecule has 3 nitrogen and oxygen atoms in total. The molecule has 0 aliphatic rings. The molecule has 1 heterocycles. The molecule has 0 radical (unpaired) electrons. The zero-order chi connectivity index (χ0) is 18.6. The maximum atomic E-state index is 10.3. The number of benzene rings is 3. The molecule has 3 aromatic carbocycles. The van der Waals surface area contributed by atoms with E-state index in [1.54, 1.807) is 6.07 Å². The van der Waals surface area contributed by atoms with Crippen LogP contribution in [-0.2, 0) is 13.7 Å². The molecule has 0 fully saturated rings. The first-order valence-corrected chi connectivity index (χ1v) is 8.93. The minimum Gasteiger partial charge on any atom is -0.507 e. The van der Waals surface area contributed by atoms with E-state index in [2.05, 4.69) is 22.8 Å². The first-order chi connectivity index (χ1) is 13.2. The van der Waals surface area contributed by atoms with Gasteiger partial charge in [0.1, 0.15) is 18.1 Å². The summed E-state index contributed by atoms with van der Waals surface area (Å²) in [6.45, 7) is 0.478. The van der Waals surface area contributed by atoms with Crippen LogP contribution in [0.5, 0.6) is 11.5 Å². The van der Waals surface area contributed by atoms with Gasteiger partial charge in [0.2, 0.25) is 0 Å². The molecule has 0 aliphatic heterocycles. The molecule has 0 saturated heterocycles. The van der Waals surface area contributed by atoms with Gasteiger partial charge in [0, 0.05) is 35.3 Å².